The van der Waals surface area contributed by atoms with Gasteiger partial charge < -0.3 is 9.80 Å². The number of rotatable bonds is 3. The van der Waals surface area contributed by atoms with Crippen LogP contribution in [0.1, 0.15) is 31.9 Å². The Labute approximate surface area is 135 Å². The molecule has 2 atom stereocenters. The molecule has 1 saturated heterocycles. The Morgan fingerprint density at radius 2 is 2.32 bits per heavy atom. The molecule has 118 valence electrons. The first-order valence-corrected chi connectivity index (χ1v) is 7.71. The van der Waals surface area contributed by atoms with Crippen LogP contribution in [0, 0.1) is 17.2 Å². The molecule has 1 aliphatic heterocycles. The number of halogens is 1. The number of piperidine rings is 1. The molecule has 0 spiro atoms. The quantitative estimate of drug-likeness (QED) is 0.852. The second-order valence-electron chi connectivity index (χ2n) is 5.81. The van der Waals surface area contributed by atoms with Gasteiger partial charge in [-0.25, -0.2) is 9.97 Å². The second kappa shape index (κ2) is 6.93. The first-order chi connectivity index (χ1) is 10.4. The maximum atomic E-state index is 12.0. The summed E-state index contributed by atoms with van der Waals surface area (Å²) >= 11 is 5.98. The van der Waals surface area contributed by atoms with Crippen LogP contribution in [0.2, 0.25) is 5.15 Å². The fourth-order valence-electron chi connectivity index (χ4n) is 2.80. The first-order valence-electron chi connectivity index (χ1n) is 7.33. The maximum Gasteiger partial charge on any atom is 0.222 e. The van der Waals surface area contributed by atoms with Crippen LogP contribution >= 0.6 is 11.6 Å². The molecule has 7 heteroatoms. The van der Waals surface area contributed by atoms with Crippen molar-refractivity contribution in [1.82, 2.24) is 14.9 Å². The smallest absolute Gasteiger partial charge is 0.222 e. The van der Waals surface area contributed by atoms with E-state index >= 15 is 0 Å². The zero-order valence-electron chi connectivity index (χ0n) is 13.1. The highest BCUT2D eigenvalue weighted by Crippen LogP contribution is 2.30. The molecule has 0 N–H and O–H groups in total. The van der Waals surface area contributed by atoms with Gasteiger partial charge in [0.1, 0.15) is 11.9 Å². The van der Waals surface area contributed by atoms with Crippen LogP contribution in [0.25, 0.3) is 0 Å². The lowest BCUT2D eigenvalue weighted by atomic mass is 9.87. The van der Waals surface area contributed by atoms with E-state index in [0.717, 1.165) is 19.4 Å². The third-order valence-electron chi connectivity index (χ3n) is 4.20. The van der Waals surface area contributed by atoms with E-state index in [9.17, 15) is 4.79 Å². The predicted octanol–water partition coefficient (Wildman–Crippen LogP) is 2.08. The highest BCUT2D eigenvalue weighted by atomic mass is 35.5. The predicted molar refractivity (Wildman–Crippen MR) is 84.6 cm³/mol. The van der Waals surface area contributed by atoms with Gasteiger partial charge in [-0.2, -0.15) is 5.26 Å². The molecule has 1 aromatic rings. The molecule has 1 amide bonds. The summed E-state index contributed by atoms with van der Waals surface area (Å²) in [6, 6.07) is 2.09. The van der Waals surface area contributed by atoms with Crippen molar-refractivity contribution in [3.05, 3.63) is 17.0 Å². The molecule has 2 heterocycles. The van der Waals surface area contributed by atoms with Crippen molar-refractivity contribution in [2.24, 2.45) is 5.92 Å². The van der Waals surface area contributed by atoms with Gasteiger partial charge in [0.2, 0.25) is 5.91 Å². The van der Waals surface area contributed by atoms with Crippen LogP contribution in [-0.4, -0.2) is 47.5 Å². The molecule has 0 radical (unpaired) electrons. The van der Waals surface area contributed by atoms with E-state index in [1.807, 2.05) is 6.07 Å². The van der Waals surface area contributed by atoms with Crippen molar-refractivity contribution < 1.29 is 4.79 Å². The summed E-state index contributed by atoms with van der Waals surface area (Å²) in [5.41, 5.74) is 0.134. The fraction of sp³-hybridized carbons (Fsp3) is 0.600. The number of anilines is 1. The van der Waals surface area contributed by atoms with Gasteiger partial charge in [0, 0.05) is 33.1 Å². The van der Waals surface area contributed by atoms with Crippen LogP contribution in [0.15, 0.2) is 6.20 Å². The van der Waals surface area contributed by atoms with Gasteiger partial charge in [0.25, 0.3) is 0 Å². The Morgan fingerprint density at radius 1 is 1.59 bits per heavy atom. The van der Waals surface area contributed by atoms with Crippen molar-refractivity contribution in [1.29, 1.82) is 5.26 Å². The van der Waals surface area contributed by atoms with Gasteiger partial charge in [-0.05, 0) is 25.7 Å². The molecule has 0 saturated carbocycles. The molecular formula is C15H20ClN5O. The minimum Gasteiger partial charge on any atom is -0.352 e. The largest absolute Gasteiger partial charge is 0.352 e. The van der Waals surface area contributed by atoms with Crippen LogP contribution in [-0.2, 0) is 4.79 Å². The van der Waals surface area contributed by atoms with Gasteiger partial charge >= 0.3 is 0 Å². The van der Waals surface area contributed by atoms with Crippen LogP contribution in [0.5, 0.6) is 0 Å². The number of hydrogen-bond acceptors (Lipinski definition) is 5. The number of carbonyl (C=O) groups excluding carboxylic acids is 1. The topological polar surface area (TPSA) is 73.1 Å². The number of hydrogen-bond donors (Lipinski definition) is 0. The Kier molecular flexibility index (Phi) is 5.19. The molecule has 0 bridgehead atoms. The van der Waals surface area contributed by atoms with Gasteiger partial charge in [-0.15, -0.1) is 0 Å². The van der Waals surface area contributed by atoms with Gasteiger partial charge in [-0.1, -0.05) is 11.6 Å². The normalized spacial score (nSPS) is 21.3. The highest BCUT2D eigenvalue weighted by Gasteiger charge is 2.31. The van der Waals surface area contributed by atoms with Crippen molar-refractivity contribution in [3.8, 4) is 6.07 Å². The minimum atomic E-state index is 0.124. The second-order valence-corrected chi connectivity index (χ2v) is 6.17. The fourth-order valence-corrected chi connectivity index (χ4v) is 2.97. The molecule has 1 fully saturated rings. The molecular weight excluding hydrogens is 302 g/mol. The number of nitrogens with zero attached hydrogens (tertiary/aromatic N) is 5. The molecule has 0 aliphatic carbocycles. The van der Waals surface area contributed by atoms with Gasteiger partial charge in [0.15, 0.2) is 10.8 Å². The lowest BCUT2D eigenvalue weighted by molar-refractivity contribution is -0.130. The average molecular weight is 322 g/mol. The highest BCUT2D eigenvalue weighted by molar-refractivity contribution is 6.30. The van der Waals surface area contributed by atoms with Crippen molar-refractivity contribution >= 4 is 23.3 Å². The van der Waals surface area contributed by atoms with E-state index in [4.69, 9.17) is 16.9 Å². The summed E-state index contributed by atoms with van der Waals surface area (Å²) < 4.78 is 0. The van der Waals surface area contributed by atoms with Gasteiger partial charge in [-0.3, -0.25) is 4.79 Å². The van der Waals surface area contributed by atoms with E-state index in [1.165, 1.54) is 0 Å². The van der Waals surface area contributed by atoms with Crippen molar-refractivity contribution in [2.45, 2.75) is 32.2 Å². The molecule has 0 unspecified atom stereocenters. The molecule has 0 aromatic carbocycles. The van der Waals surface area contributed by atoms with Crippen LogP contribution in [0.3, 0.4) is 0 Å². The number of carbonyl (C=O) groups is 1. The summed E-state index contributed by atoms with van der Waals surface area (Å²) in [4.78, 5) is 24.0. The lowest BCUT2D eigenvalue weighted by Crippen LogP contribution is -2.45. The van der Waals surface area contributed by atoms with Gasteiger partial charge in [0.05, 0.1) is 6.20 Å². The Morgan fingerprint density at radius 3 is 2.91 bits per heavy atom. The number of amides is 1. The SMILES string of the molecule is C[C@@H]1[C@H](CC(=O)N(C)C)CCCN1c1cnc(C#N)c(Cl)n1. The van der Waals surface area contributed by atoms with E-state index in [-0.39, 0.29) is 28.7 Å². The minimum absolute atomic E-state index is 0.124. The Bertz CT molecular complexity index is 598. The van der Waals surface area contributed by atoms with E-state index in [0.29, 0.717) is 12.2 Å². The first kappa shape index (κ1) is 16.5. The van der Waals surface area contributed by atoms with E-state index in [2.05, 4.69) is 21.8 Å². The van der Waals surface area contributed by atoms with E-state index in [1.54, 1.807) is 25.2 Å². The summed E-state index contributed by atoms with van der Waals surface area (Å²) in [5, 5.41) is 9.00. The number of nitriles is 1. The summed E-state index contributed by atoms with van der Waals surface area (Å²) in [6.07, 6.45) is 4.13. The zero-order valence-corrected chi connectivity index (χ0v) is 13.8. The summed E-state index contributed by atoms with van der Waals surface area (Å²) in [5.74, 6) is 1.08. The standard InChI is InChI=1S/C15H20ClN5O/c1-10-11(7-14(22)20(2)3)5-4-6-21(10)13-9-18-12(8-17)15(16)19-13/h9-11H,4-7H2,1-3H3/t10-,11+/m1/s1. The molecule has 22 heavy (non-hydrogen) atoms. The Balaban J connectivity index is 2.16. The van der Waals surface area contributed by atoms with Crippen LogP contribution in [0.4, 0.5) is 5.82 Å². The molecule has 2 rings (SSSR count). The monoisotopic (exact) mass is 321 g/mol. The van der Waals surface area contributed by atoms with E-state index < -0.39 is 0 Å². The maximum absolute atomic E-state index is 12.0. The molecule has 1 aromatic heterocycles. The Hall–Kier alpha value is -1.87. The average Bonchev–Trinajstić information content (AvgIpc) is 2.49. The summed E-state index contributed by atoms with van der Waals surface area (Å²) in [7, 11) is 3.55. The zero-order chi connectivity index (χ0) is 16.3. The lowest BCUT2D eigenvalue weighted by Gasteiger charge is -2.40. The third-order valence-corrected chi connectivity index (χ3v) is 4.46. The molecule has 1 aliphatic rings. The third kappa shape index (κ3) is 3.47. The van der Waals surface area contributed by atoms with Crippen LogP contribution < -0.4 is 4.90 Å². The van der Waals surface area contributed by atoms with Crippen molar-refractivity contribution in [2.75, 3.05) is 25.5 Å². The molecule has 6 nitrogen and oxygen atoms in total. The van der Waals surface area contributed by atoms with Crippen molar-refractivity contribution in [3.63, 3.8) is 0 Å². The number of aromatic nitrogens is 2. The summed E-state index contributed by atoms with van der Waals surface area (Å²) in [6.45, 7) is 2.95.